The van der Waals surface area contributed by atoms with Crippen LogP contribution in [-0.4, -0.2) is 56.3 Å². The molecular formula is C29H44O7. The van der Waals surface area contributed by atoms with Gasteiger partial charge in [0.15, 0.2) is 5.78 Å². The lowest BCUT2D eigenvalue weighted by Gasteiger charge is -2.58. The summed E-state index contributed by atoms with van der Waals surface area (Å²) >= 11 is 0. The Hall–Kier alpha value is -1.57. The lowest BCUT2D eigenvalue weighted by Crippen LogP contribution is -2.58. The van der Waals surface area contributed by atoms with E-state index in [1.165, 1.54) is 6.92 Å². The zero-order chi connectivity index (χ0) is 27.0. The molecule has 0 heterocycles. The van der Waals surface area contributed by atoms with Crippen LogP contribution in [0.4, 0.5) is 0 Å². The number of ketones is 2. The van der Waals surface area contributed by atoms with E-state index in [0.29, 0.717) is 36.8 Å². The first-order valence-corrected chi connectivity index (χ1v) is 13.6. The molecule has 4 aliphatic rings. The molecule has 0 aromatic heterocycles. The second-order valence-electron chi connectivity index (χ2n) is 13.4. The monoisotopic (exact) mass is 504 g/mol. The summed E-state index contributed by atoms with van der Waals surface area (Å²) in [5.41, 5.74) is -0.446. The Kier molecular flexibility index (Phi) is 6.88. The number of carbonyl (C=O) groups is 3. The van der Waals surface area contributed by atoms with Crippen molar-refractivity contribution in [2.45, 2.75) is 105 Å². The first-order chi connectivity index (χ1) is 16.6. The number of carbonyl (C=O) groups excluding carboxylic acids is 2. The van der Waals surface area contributed by atoms with E-state index in [4.69, 9.17) is 5.11 Å². The number of hydrogen-bond donors (Lipinski definition) is 4. The summed E-state index contributed by atoms with van der Waals surface area (Å²) in [6.45, 7) is 11.6. The highest BCUT2D eigenvalue weighted by atomic mass is 16.4. The molecule has 0 aromatic carbocycles. The smallest absolute Gasteiger partial charge is 0.306 e. The average molecular weight is 505 g/mol. The van der Waals surface area contributed by atoms with E-state index in [9.17, 15) is 29.7 Å². The van der Waals surface area contributed by atoms with Crippen LogP contribution in [0, 0.1) is 45.8 Å². The van der Waals surface area contributed by atoms with Crippen LogP contribution in [-0.2, 0) is 14.4 Å². The van der Waals surface area contributed by atoms with Crippen LogP contribution in [0.5, 0.6) is 0 Å². The Bertz CT molecular complexity index is 982. The molecule has 7 nitrogen and oxygen atoms in total. The van der Waals surface area contributed by atoms with Crippen molar-refractivity contribution in [3.63, 3.8) is 0 Å². The zero-order valence-electron chi connectivity index (χ0n) is 22.6. The largest absolute Gasteiger partial charge is 0.481 e. The van der Waals surface area contributed by atoms with Gasteiger partial charge >= 0.3 is 5.97 Å². The SMILES string of the molecule is CC(CC(=O)CC(C)C1CC(O)[C@@]2(C)C3=C(C(=O)CC12C)C1CCC(O)C(C)(C)C1CC3O)C(=O)O. The molecule has 0 amide bonds. The van der Waals surface area contributed by atoms with Crippen molar-refractivity contribution in [1.29, 1.82) is 0 Å². The number of rotatable bonds is 6. The normalized spacial score (nSPS) is 43.3. The molecule has 7 heteroatoms. The number of aliphatic carboxylic acids is 1. The van der Waals surface area contributed by atoms with E-state index in [1.54, 1.807) is 0 Å². The van der Waals surface area contributed by atoms with Crippen LogP contribution in [0.25, 0.3) is 0 Å². The van der Waals surface area contributed by atoms with Crippen LogP contribution in [0.1, 0.15) is 86.5 Å². The third kappa shape index (κ3) is 3.83. The molecule has 9 unspecified atom stereocenters. The maximum atomic E-state index is 13.9. The average Bonchev–Trinajstić information content (AvgIpc) is 2.97. The summed E-state index contributed by atoms with van der Waals surface area (Å²) in [5.74, 6) is -2.11. The molecule has 0 spiro atoms. The first-order valence-electron chi connectivity index (χ1n) is 13.6. The van der Waals surface area contributed by atoms with Gasteiger partial charge in [-0.3, -0.25) is 14.4 Å². The summed E-state index contributed by atoms with van der Waals surface area (Å²) in [5, 5.41) is 42.9. The molecule has 36 heavy (non-hydrogen) atoms. The quantitative estimate of drug-likeness (QED) is 0.435. The Morgan fingerprint density at radius 1 is 0.972 bits per heavy atom. The van der Waals surface area contributed by atoms with E-state index >= 15 is 0 Å². The summed E-state index contributed by atoms with van der Waals surface area (Å²) < 4.78 is 0. The number of fused-ring (bicyclic) bond motifs is 4. The summed E-state index contributed by atoms with van der Waals surface area (Å²) in [4.78, 5) is 37.8. The lowest BCUT2D eigenvalue weighted by molar-refractivity contribution is -0.143. The summed E-state index contributed by atoms with van der Waals surface area (Å²) in [6.07, 6.45) is 0.559. The van der Waals surface area contributed by atoms with Crippen molar-refractivity contribution in [3.05, 3.63) is 11.1 Å². The van der Waals surface area contributed by atoms with Gasteiger partial charge in [-0.15, -0.1) is 0 Å². The van der Waals surface area contributed by atoms with Crippen LogP contribution in [0.15, 0.2) is 11.1 Å². The van der Waals surface area contributed by atoms with E-state index in [1.807, 2.05) is 34.6 Å². The first kappa shape index (κ1) is 27.5. The molecule has 0 aromatic rings. The lowest BCUT2D eigenvalue weighted by atomic mass is 9.46. The van der Waals surface area contributed by atoms with Gasteiger partial charge in [0.1, 0.15) is 5.78 Å². The maximum Gasteiger partial charge on any atom is 0.306 e. The molecule has 4 rings (SSSR count). The topological polar surface area (TPSA) is 132 Å². The second-order valence-corrected chi connectivity index (χ2v) is 13.4. The molecule has 0 bridgehead atoms. The van der Waals surface area contributed by atoms with Crippen molar-refractivity contribution in [1.82, 2.24) is 0 Å². The number of Topliss-reactive ketones (excluding diaryl/α,β-unsaturated/α-hetero) is 2. The molecular weight excluding hydrogens is 460 g/mol. The van der Waals surface area contributed by atoms with E-state index in [-0.39, 0.29) is 54.5 Å². The van der Waals surface area contributed by atoms with E-state index in [2.05, 4.69) is 0 Å². The number of hydrogen-bond acceptors (Lipinski definition) is 6. The van der Waals surface area contributed by atoms with Crippen LogP contribution >= 0.6 is 0 Å². The third-order valence-electron chi connectivity index (χ3n) is 11.3. The maximum absolute atomic E-state index is 13.9. The minimum absolute atomic E-state index is 0.00554. The third-order valence-corrected chi connectivity index (χ3v) is 11.3. The van der Waals surface area contributed by atoms with E-state index < -0.39 is 46.4 Å². The fourth-order valence-corrected chi connectivity index (χ4v) is 8.82. The minimum Gasteiger partial charge on any atom is -0.481 e. The Morgan fingerprint density at radius 3 is 2.22 bits per heavy atom. The summed E-state index contributed by atoms with van der Waals surface area (Å²) in [7, 11) is 0. The van der Waals surface area contributed by atoms with Gasteiger partial charge in [-0.25, -0.2) is 0 Å². The highest BCUT2D eigenvalue weighted by molar-refractivity contribution is 5.99. The van der Waals surface area contributed by atoms with Gasteiger partial charge in [0.05, 0.1) is 24.2 Å². The van der Waals surface area contributed by atoms with Crippen LogP contribution in [0.2, 0.25) is 0 Å². The fraction of sp³-hybridized carbons (Fsp3) is 0.828. The molecule has 2 fully saturated rings. The van der Waals surface area contributed by atoms with Crippen molar-refractivity contribution in [2.24, 2.45) is 45.8 Å². The molecule has 4 aliphatic carbocycles. The van der Waals surface area contributed by atoms with Gasteiger partial charge in [-0.2, -0.15) is 0 Å². The number of aliphatic hydroxyl groups is 3. The number of carboxylic acids is 1. The molecule has 0 saturated heterocycles. The highest BCUT2D eigenvalue weighted by Crippen LogP contribution is 2.69. The van der Waals surface area contributed by atoms with Crippen LogP contribution < -0.4 is 0 Å². The molecule has 0 aliphatic heterocycles. The Morgan fingerprint density at radius 2 is 1.61 bits per heavy atom. The zero-order valence-corrected chi connectivity index (χ0v) is 22.6. The van der Waals surface area contributed by atoms with Gasteiger partial charge in [0, 0.05) is 30.3 Å². The van der Waals surface area contributed by atoms with Crippen molar-refractivity contribution in [2.75, 3.05) is 0 Å². The molecule has 10 atom stereocenters. The molecule has 202 valence electrons. The van der Waals surface area contributed by atoms with Crippen LogP contribution in [0.3, 0.4) is 0 Å². The standard InChI is InChI=1S/C29H44O7/c1-14(9-16(30)10-15(2)26(35)36)18-12-23(34)29(6)25-20(31)11-19-17(7-8-22(33)27(19,3)4)24(25)21(32)13-28(18,29)5/h14-15,17-20,22-23,31,33-34H,7-13H2,1-6H3,(H,35,36)/t14?,15?,17?,18?,19?,20?,22?,23?,28?,29-/m0/s1. The van der Waals surface area contributed by atoms with Gasteiger partial charge in [-0.05, 0) is 65.8 Å². The molecule has 4 N–H and O–H groups in total. The summed E-state index contributed by atoms with van der Waals surface area (Å²) in [6, 6.07) is 0. The van der Waals surface area contributed by atoms with E-state index in [0.717, 1.165) is 0 Å². The van der Waals surface area contributed by atoms with Gasteiger partial charge in [0.2, 0.25) is 0 Å². The van der Waals surface area contributed by atoms with Gasteiger partial charge in [0.25, 0.3) is 0 Å². The predicted octanol–water partition coefficient (Wildman–Crippen LogP) is 3.53. The number of aliphatic hydroxyl groups excluding tert-OH is 3. The van der Waals surface area contributed by atoms with Gasteiger partial charge < -0.3 is 20.4 Å². The minimum atomic E-state index is -0.993. The fourth-order valence-electron chi connectivity index (χ4n) is 8.82. The van der Waals surface area contributed by atoms with Crippen molar-refractivity contribution < 1.29 is 34.8 Å². The number of allylic oxidation sites excluding steroid dienone is 1. The molecule has 0 radical (unpaired) electrons. The number of carboxylic acid groups (broad SMARTS) is 1. The van der Waals surface area contributed by atoms with Crippen molar-refractivity contribution in [3.8, 4) is 0 Å². The second kappa shape index (κ2) is 9.02. The van der Waals surface area contributed by atoms with Gasteiger partial charge in [-0.1, -0.05) is 41.5 Å². The highest BCUT2D eigenvalue weighted by Gasteiger charge is 2.68. The predicted molar refractivity (Wildman–Crippen MR) is 134 cm³/mol. The Labute approximate surface area is 214 Å². The Balaban J connectivity index is 1.69. The van der Waals surface area contributed by atoms with Crippen molar-refractivity contribution >= 4 is 17.5 Å². The molecule has 2 saturated carbocycles.